The minimum absolute atomic E-state index is 0.0550. The molecule has 0 spiro atoms. The zero-order valence-corrected chi connectivity index (χ0v) is 12.8. The molecule has 21 heavy (non-hydrogen) atoms. The van der Waals surface area contributed by atoms with E-state index in [4.69, 9.17) is 5.11 Å². The van der Waals surface area contributed by atoms with Crippen LogP contribution in [0.1, 0.15) is 20.8 Å². The van der Waals surface area contributed by atoms with Gasteiger partial charge in [0.2, 0.25) is 0 Å². The highest BCUT2D eigenvalue weighted by molar-refractivity contribution is 7.94. The van der Waals surface area contributed by atoms with Gasteiger partial charge in [0.05, 0.1) is 5.69 Å². The smallest absolute Gasteiger partial charge is 0.346 e. The molecular formula is C13H12FNO4S2. The topological polar surface area (TPSA) is 83.5 Å². The van der Waals surface area contributed by atoms with Crippen molar-refractivity contribution in [3.05, 3.63) is 46.1 Å². The largest absolute Gasteiger partial charge is 0.477 e. The maximum absolute atomic E-state index is 13.7. The van der Waals surface area contributed by atoms with Crippen LogP contribution in [0, 0.1) is 19.7 Å². The lowest BCUT2D eigenvalue weighted by Gasteiger charge is -2.09. The van der Waals surface area contributed by atoms with Crippen LogP contribution >= 0.6 is 11.3 Å². The van der Waals surface area contributed by atoms with Gasteiger partial charge in [0.25, 0.3) is 10.0 Å². The number of rotatable bonds is 4. The molecule has 5 nitrogen and oxygen atoms in total. The summed E-state index contributed by atoms with van der Waals surface area (Å²) in [6.07, 6.45) is 0. The highest BCUT2D eigenvalue weighted by Crippen LogP contribution is 2.29. The SMILES string of the molecule is Cc1cc(S(=O)(=O)Nc2c(C)cccc2F)sc1C(=O)O. The van der Waals surface area contributed by atoms with Gasteiger partial charge in [-0.25, -0.2) is 17.6 Å². The summed E-state index contributed by atoms with van der Waals surface area (Å²) in [6.45, 7) is 3.08. The van der Waals surface area contributed by atoms with Crippen molar-refractivity contribution in [1.29, 1.82) is 0 Å². The number of aryl methyl sites for hydroxylation is 2. The molecule has 112 valence electrons. The minimum Gasteiger partial charge on any atom is -0.477 e. The first-order chi connectivity index (χ1) is 9.72. The number of sulfonamides is 1. The lowest BCUT2D eigenvalue weighted by atomic mass is 10.2. The van der Waals surface area contributed by atoms with E-state index in [0.717, 1.165) is 6.07 Å². The zero-order chi connectivity index (χ0) is 15.8. The van der Waals surface area contributed by atoms with E-state index < -0.39 is 21.8 Å². The normalized spacial score (nSPS) is 11.4. The first-order valence-corrected chi connectivity index (χ1v) is 8.14. The standard InChI is InChI=1S/C13H12FNO4S2/c1-7-4-3-5-9(14)11(7)15-21(18,19)10-6-8(2)12(20-10)13(16)17/h3-6,15H,1-2H3,(H,16,17). The van der Waals surface area contributed by atoms with E-state index in [1.54, 1.807) is 13.0 Å². The number of hydrogen-bond acceptors (Lipinski definition) is 4. The third-order valence-electron chi connectivity index (χ3n) is 2.81. The molecule has 2 N–H and O–H groups in total. The molecule has 0 saturated carbocycles. The van der Waals surface area contributed by atoms with Crippen molar-refractivity contribution in [2.24, 2.45) is 0 Å². The number of halogens is 1. The van der Waals surface area contributed by atoms with Crippen LogP contribution in [0.2, 0.25) is 0 Å². The number of anilines is 1. The van der Waals surface area contributed by atoms with Gasteiger partial charge >= 0.3 is 5.97 Å². The summed E-state index contributed by atoms with van der Waals surface area (Å²) in [5.74, 6) is -1.88. The number of carboxylic acids is 1. The van der Waals surface area contributed by atoms with Gasteiger partial charge in [0.15, 0.2) is 0 Å². The van der Waals surface area contributed by atoms with Crippen molar-refractivity contribution in [2.45, 2.75) is 18.1 Å². The molecule has 0 radical (unpaired) electrons. The molecule has 0 fully saturated rings. The maximum Gasteiger partial charge on any atom is 0.346 e. The number of nitrogens with one attached hydrogen (secondary N) is 1. The Hall–Kier alpha value is -1.93. The van der Waals surface area contributed by atoms with Crippen molar-refractivity contribution in [1.82, 2.24) is 0 Å². The molecule has 1 aromatic carbocycles. The fourth-order valence-electron chi connectivity index (χ4n) is 1.74. The number of benzene rings is 1. The second kappa shape index (κ2) is 5.45. The van der Waals surface area contributed by atoms with E-state index in [1.807, 2.05) is 0 Å². The molecule has 1 aromatic heterocycles. The molecule has 0 unspecified atom stereocenters. The quantitative estimate of drug-likeness (QED) is 0.903. The predicted molar refractivity (Wildman–Crippen MR) is 78.0 cm³/mol. The molecule has 0 amide bonds. The van der Waals surface area contributed by atoms with Gasteiger partial charge < -0.3 is 5.11 Å². The molecule has 2 aromatic rings. The van der Waals surface area contributed by atoms with Crippen molar-refractivity contribution in [3.63, 3.8) is 0 Å². The average Bonchev–Trinajstić information content (AvgIpc) is 2.77. The van der Waals surface area contributed by atoms with Gasteiger partial charge in [-0.2, -0.15) is 0 Å². The molecule has 1 heterocycles. The van der Waals surface area contributed by atoms with Crippen LogP contribution < -0.4 is 4.72 Å². The van der Waals surface area contributed by atoms with Crippen LogP contribution in [0.25, 0.3) is 0 Å². The first-order valence-electron chi connectivity index (χ1n) is 5.84. The lowest BCUT2D eigenvalue weighted by molar-refractivity contribution is 0.0701. The second-order valence-electron chi connectivity index (χ2n) is 4.42. The van der Waals surface area contributed by atoms with E-state index in [9.17, 15) is 17.6 Å². The average molecular weight is 329 g/mol. The molecule has 0 aliphatic carbocycles. The van der Waals surface area contributed by atoms with E-state index in [0.29, 0.717) is 22.5 Å². The van der Waals surface area contributed by atoms with Crippen molar-refractivity contribution >= 4 is 33.0 Å². The van der Waals surface area contributed by atoms with Crippen LogP contribution in [-0.4, -0.2) is 19.5 Å². The number of carbonyl (C=O) groups is 1. The van der Waals surface area contributed by atoms with Gasteiger partial charge in [0, 0.05) is 0 Å². The van der Waals surface area contributed by atoms with Crippen molar-refractivity contribution in [2.75, 3.05) is 4.72 Å². The van der Waals surface area contributed by atoms with Crippen LogP contribution in [0.5, 0.6) is 0 Å². The number of hydrogen-bond donors (Lipinski definition) is 2. The van der Waals surface area contributed by atoms with Gasteiger partial charge in [-0.3, -0.25) is 4.72 Å². The van der Waals surface area contributed by atoms with Crippen molar-refractivity contribution < 1.29 is 22.7 Å². The summed E-state index contributed by atoms with van der Waals surface area (Å²) in [7, 11) is -4.03. The molecule has 0 atom stereocenters. The third kappa shape index (κ3) is 3.06. The van der Waals surface area contributed by atoms with Crippen LogP contribution in [0.3, 0.4) is 0 Å². The highest BCUT2D eigenvalue weighted by atomic mass is 32.2. The minimum atomic E-state index is -4.03. The van der Waals surface area contributed by atoms with E-state index in [2.05, 4.69) is 4.72 Å². The predicted octanol–water partition coefficient (Wildman–Crippen LogP) is 3.00. The molecular weight excluding hydrogens is 317 g/mol. The molecule has 0 saturated heterocycles. The number of para-hydroxylation sites is 1. The lowest BCUT2D eigenvalue weighted by Crippen LogP contribution is -2.13. The highest BCUT2D eigenvalue weighted by Gasteiger charge is 2.23. The number of thiophene rings is 1. The van der Waals surface area contributed by atoms with E-state index >= 15 is 0 Å². The Morgan fingerprint density at radius 3 is 2.48 bits per heavy atom. The van der Waals surface area contributed by atoms with Crippen LogP contribution in [-0.2, 0) is 10.0 Å². The van der Waals surface area contributed by atoms with Crippen molar-refractivity contribution in [3.8, 4) is 0 Å². The molecule has 0 aliphatic rings. The maximum atomic E-state index is 13.7. The Balaban J connectivity index is 2.44. The molecule has 2 rings (SSSR count). The Morgan fingerprint density at radius 2 is 1.95 bits per heavy atom. The van der Waals surface area contributed by atoms with Gasteiger partial charge in [-0.15, -0.1) is 11.3 Å². The summed E-state index contributed by atoms with van der Waals surface area (Å²) in [6, 6.07) is 5.45. The number of carboxylic acid groups (broad SMARTS) is 1. The summed E-state index contributed by atoms with van der Waals surface area (Å²) in [5, 5.41) is 8.96. The fraction of sp³-hybridized carbons (Fsp3) is 0.154. The summed E-state index contributed by atoms with van der Waals surface area (Å²) >= 11 is 0.633. The second-order valence-corrected chi connectivity index (χ2v) is 7.38. The Kier molecular flexibility index (Phi) is 4.02. The van der Waals surface area contributed by atoms with E-state index in [1.165, 1.54) is 19.1 Å². The number of aromatic carboxylic acids is 1. The third-order valence-corrected chi connectivity index (χ3v) is 5.86. The van der Waals surface area contributed by atoms with Crippen LogP contribution in [0.4, 0.5) is 10.1 Å². The molecule has 0 bridgehead atoms. The monoisotopic (exact) mass is 329 g/mol. The van der Waals surface area contributed by atoms with E-state index in [-0.39, 0.29) is 14.8 Å². The van der Waals surface area contributed by atoms with Crippen LogP contribution in [0.15, 0.2) is 28.5 Å². The summed E-state index contributed by atoms with van der Waals surface area (Å²) < 4.78 is 40.2. The zero-order valence-electron chi connectivity index (χ0n) is 11.2. The molecule has 8 heteroatoms. The Labute approximate surface area is 125 Å². The summed E-state index contributed by atoms with van der Waals surface area (Å²) in [4.78, 5) is 10.9. The first kappa shape index (κ1) is 15.5. The summed E-state index contributed by atoms with van der Waals surface area (Å²) in [5.41, 5.74) is 0.642. The molecule has 0 aliphatic heterocycles. The Bertz CT molecular complexity index is 791. The Morgan fingerprint density at radius 1 is 1.29 bits per heavy atom. The fourth-order valence-corrected chi connectivity index (χ4v) is 4.26. The van der Waals surface area contributed by atoms with Gasteiger partial charge in [-0.1, -0.05) is 12.1 Å². The van der Waals surface area contributed by atoms with Gasteiger partial charge in [-0.05, 0) is 37.1 Å². The van der Waals surface area contributed by atoms with Gasteiger partial charge in [0.1, 0.15) is 14.9 Å².